The number of carbonyl (C=O) groups excluding carboxylic acids is 1. The predicted molar refractivity (Wildman–Crippen MR) is 104 cm³/mol. The van der Waals surface area contributed by atoms with Crippen molar-refractivity contribution >= 4 is 22.8 Å². The number of nitrogens with zero attached hydrogens (tertiary/aromatic N) is 3. The molecule has 3 aromatic rings. The molecular formula is C19H21F2N5OS. The van der Waals surface area contributed by atoms with E-state index in [1.165, 1.54) is 11.3 Å². The van der Waals surface area contributed by atoms with Crippen molar-refractivity contribution in [3.63, 3.8) is 0 Å². The molecule has 148 valence electrons. The van der Waals surface area contributed by atoms with Crippen molar-refractivity contribution in [1.29, 1.82) is 0 Å². The van der Waals surface area contributed by atoms with Crippen LogP contribution in [-0.2, 0) is 6.42 Å². The molecule has 0 bridgehead atoms. The Morgan fingerprint density at radius 3 is 3.04 bits per heavy atom. The highest BCUT2D eigenvalue weighted by Gasteiger charge is 2.46. The Labute approximate surface area is 164 Å². The van der Waals surface area contributed by atoms with E-state index >= 15 is 0 Å². The van der Waals surface area contributed by atoms with Gasteiger partial charge in [0.15, 0.2) is 5.01 Å². The Morgan fingerprint density at radius 1 is 1.46 bits per heavy atom. The Hall–Kier alpha value is -2.39. The van der Waals surface area contributed by atoms with E-state index in [0.29, 0.717) is 25.0 Å². The van der Waals surface area contributed by atoms with Crippen LogP contribution in [0.25, 0.3) is 16.8 Å². The third kappa shape index (κ3) is 3.29. The van der Waals surface area contributed by atoms with E-state index in [2.05, 4.69) is 15.4 Å². The minimum absolute atomic E-state index is 0.163. The number of pyridine rings is 1. The Kier molecular flexibility index (Phi) is 4.88. The molecule has 0 radical (unpaired) electrons. The fourth-order valence-corrected chi connectivity index (χ4v) is 4.56. The van der Waals surface area contributed by atoms with Crippen molar-refractivity contribution in [3.8, 4) is 11.3 Å². The first-order valence-corrected chi connectivity index (χ1v) is 10.1. The number of aromatic nitrogens is 3. The molecule has 6 nitrogen and oxygen atoms in total. The van der Waals surface area contributed by atoms with E-state index in [1.54, 1.807) is 10.7 Å². The van der Waals surface area contributed by atoms with Gasteiger partial charge < -0.3 is 11.1 Å². The summed E-state index contributed by atoms with van der Waals surface area (Å²) in [5, 5.41) is 6.91. The number of carbonyl (C=O) groups is 1. The van der Waals surface area contributed by atoms with Crippen LogP contribution in [0.1, 0.15) is 40.9 Å². The molecule has 0 spiro atoms. The number of thiazole rings is 1. The Balaban J connectivity index is 1.65. The molecule has 1 amide bonds. The highest BCUT2D eigenvalue weighted by atomic mass is 32.1. The van der Waals surface area contributed by atoms with Crippen molar-refractivity contribution in [3.05, 3.63) is 40.5 Å². The lowest BCUT2D eigenvalue weighted by Gasteiger charge is -2.36. The molecular weight excluding hydrogens is 384 g/mol. The van der Waals surface area contributed by atoms with Crippen molar-refractivity contribution in [2.24, 2.45) is 5.73 Å². The summed E-state index contributed by atoms with van der Waals surface area (Å²) in [5.41, 5.74) is 8.21. The summed E-state index contributed by atoms with van der Waals surface area (Å²) < 4.78 is 30.2. The average molecular weight is 405 g/mol. The Bertz CT molecular complexity index is 1010. The van der Waals surface area contributed by atoms with Gasteiger partial charge in [0.2, 0.25) is 0 Å². The number of halogens is 2. The van der Waals surface area contributed by atoms with Gasteiger partial charge in [-0.1, -0.05) is 13.0 Å². The molecule has 0 saturated heterocycles. The molecule has 2 unspecified atom stereocenters. The van der Waals surface area contributed by atoms with Gasteiger partial charge >= 0.3 is 0 Å². The first-order valence-electron chi connectivity index (χ1n) is 9.27. The number of hydrogen-bond acceptors (Lipinski definition) is 5. The molecule has 28 heavy (non-hydrogen) atoms. The number of nitrogens with one attached hydrogen (secondary N) is 1. The van der Waals surface area contributed by atoms with Crippen LogP contribution in [0, 0.1) is 0 Å². The zero-order valence-electron chi connectivity index (χ0n) is 15.4. The van der Waals surface area contributed by atoms with Crippen LogP contribution in [0.3, 0.4) is 0 Å². The minimum Gasteiger partial charge on any atom is -0.340 e. The number of hydrogen-bond donors (Lipinski definition) is 2. The molecule has 1 aliphatic rings. The summed E-state index contributed by atoms with van der Waals surface area (Å²) in [7, 11) is 0. The first kappa shape index (κ1) is 18.9. The highest BCUT2D eigenvalue weighted by Crippen LogP contribution is 2.34. The van der Waals surface area contributed by atoms with Gasteiger partial charge in [0, 0.05) is 29.1 Å². The standard InChI is InChI=1S/C19H21F2N5OS/c1-2-14-15(11-10-23-26-9-4-3-7-13(11)26)24-18(28-14)17(27)25-16-12(22)6-5-8-19(16,20)21/h3-4,7,9-10,12,16H,2,5-6,8,22H2,1H3,(H,25,27). The van der Waals surface area contributed by atoms with E-state index in [-0.39, 0.29) is 11.4 Å². The van der Waals surface area contributed by atoms with Crippen LogP contribution in [0.15, 0.2) is 30.6 Å². The summed E-state index contributed by atoms with van der Waals surface area (Å²) in [5.74, 6) is -3.62. The second-order valence-electron chi connectivity index (χ2n) is 7.00. The summed E-state index contributed by atoms with van der Waals surface area (Å²) in [4.78, 5) is 18.1. The van der Waals surface area contributed by atoms with Gasteiger partial charge in [0.1, 0.15) is 6.04 Å². The fourth-order valence-electron chi connectivity index (χ4n) is 3.64. The molecule has 3 heterocycles. The van der Waals surface area contributed by atoms with Gasteiger partial charge in [0.25, 0.3) is 11.8 Å². The quantitative estimate of drug-likeness (QED) is 0.698. The van der Waals surface area contributed by atoms with Crippen LogP contribution in [0.5, 0.6) is 0 Å². The predicted octanol–water partition coefficient (Wildman–Crippen LogP) is 3.27. The van der Waals surface area contributed by atoms with E-state index < -0.39 is 23.9 Å². The lowest BCUT2D eigenvalue weighted by molar-refractivity contribution is -0.0674. The topological polar surface area (TPSA) is 85.3 Å². The summed E-state index contributed by atoms with van der Waals surface area (Å²) >= 11 is 1.22. The molecule has 1 fully saturated rings. The summed E-state index contributed by atoms with van der Waals surface area (Å²) in [6.45, 7) is 1.97. The van der Waals surface area contributed by atoms with E-state index in [4.69, 9.17) is 5.73 Å². The molecule has 9 heteroatoms. The molecule has 3 aromatic heterocycles. The maximum Gasteiger partial charge on any atom is 0.280 e. The Morgan fingerprint density at radius 2 is 2.29 bits per heavy atom. The van der Waals surface area contributed by atoms with Gasteiger partial charge in [-0.25, -0.2) is 18.3 Å². The van der Waals surface area contributed by atoms with Crippen molar-refractivity contribution in [2.45, 2.75) is 50.6 Å². The molecule has 1 saturated carbocycles. The van der Waals surface area contributed by atoms with Crippen molar-refractivity contribution in [1.82, 2.24) is 19.9 Å². The van der Waals surface area contributed by atoms with Gasteiger partial charge in [-0.05, 0) is 31.4 Å². The van der Waals surface area contributed by atoms with Gasteiger partial charge in [-0.2, -0.15) is 5.10 Å². The number of nitrogens with two attached hydrogens (primary N) is 1. The maximum absolute atomic E-state index is 14.2. The van der Waals surface area contributed by atoms with Crippen molar-refractivity contribution in [2.75, 3.05) is 0 Å². The normalized spacial score (nSPS) is 21.7. The van der Waals surface area contributed by atoms with Gasteiger partial charge in [0.05, 0.1) is 17.4 Å². The van der Waals surface area contributed by atoms with Crippen molar-refractivity contribution < 1.29 is 13.6 Å². The number of fused-ring (bicyclic) bond motifs is 1. The van der Waals surface area contributed by atoms with Gasteiger partial charge in [-0.15, -0.1) is 11.3 Å². The van der Waals surface area contributed by atoms with Crippen LogP contribution < -0.4 is 11.1 Å². The van der Waals surface area contributed by atoms with E-state index in [9.17, 15) is 13.6 Å². The van der Waals surface area contributed by atoms with E-state index in [0.717, 1.165) is 16.0 Å². The summed E-state index contributed by atoms with van der Waals surface area (Å²) in [6, 6.07) is 3.56. The van der Waals surface area contributed by atoms with Crippen LogP contribution in [-0.4, -0.2) is 38.5 Å². The van der Waals surface area contributed by atoms with E-state index in [1.807, 2.05) is 31.3 Å². The number of aryl methyl sites for hydroxylation is 1. The summed E-state index contributed by atoms with van der Waals surface area (Å²) in [6.07, 6.45) is 4.76. The largest absolute Gasteiger partial charge is 0.340 e. The molecule has 1 aliphatic carbocycles. The molecule has 0 aromatic carbocycles. The number of rotatable bonds is 4. The first-order chi connectivity index (χ1) is 13.4. The second-order valence-corrected chi connectivity index (χ2v) is 8.08. The van der Waals surface area contributed by atoms with Crippen LogP contribution >= 0.6 is 11.3 Å². The van der Waals surface area contributed by atoms with Crippen LogP contribution in [0.2, 0.25) is 0 Å². The monoisotopic (exact) mass is 405 g/mol. The maximum atomic E-state index is 14.2. The number of alkyl halides is 2. The smallest absolute Gasteiger partial charge is 0.280 e. The molecule has 2 atom stereocenters. The van der Waals surface area contributed by atoms with Gasteiger partial charge in [-0.3, -0.25) is 4.79 Å². The third-order valence-corrected chi connectivity index (χ3v) is 6.31. The SMILES string of the molecule is CCc1sc(C(=O)NC2C(N)CCCC2(F)F)nc1-c1cnn2ccccc12. The zero-order chi connectivity index (χ0) is 19.9. The molecule has 4 rings (SSSR count). The minimum atomic E-state index is -3.01. The second kappa shape index (κ2) is 7.21. The van der Waals surface area contributed by atoms with Crippen LogP contribution in [0.4, 0.5) is 8.78 Å². The number of amides is 1. The average Bonchev–Trinajstić information content (AvgIpc) is 3.28. The lowest BCUT2D eigenvalue weighted by Crippen LogP contribution is -2.59. The highest BCUT2D eigenvalue weighted by molar-refractivity contribution is 7.14. The fraction of sp³-hybridized carbons (Fsp3) is 0.421. The zero-order valence-corrected chi connectivity index (χ0v) is 16.2. The third-order valence-electron chi connectivity index (χ3n) is 5.11. The molecule has 3 N–H and O–H groups in total. The molecule has 0 aliphatic heterocycles. The lowest BCUT2D eigenvalue weighted by atomic mass is 9.87.